The molecule has 1 aromatic carbocycles. The molecule has 3 N–H and O–H groups in total. The number of aromatic nitrogens is 1. The smallest absolute Gasteiger partial charge is 0.277 e. The van der Waals surface area contributed by atoms with E-state index in [1.807, 2.05) is 0 Å². The van der Waals surface area contributed by atoms with Gasteiger partial charge in [-0.25, -0.2) is 0 Å². The number of likely N-dealkylation sites (tertiary alicyclic amines) is 1. The first kappa shape index (κ1) is 21.3. The predicted molar refractivity (Wildman–Crippen MR) is 124 cm³/mol. The van der Waals surface area contributed by atoms with Crippen molar-refractivity contribution in [2.45, 2.75) is 55.8 Å². The minimum Gasteiger partial charge on any atom is -0.361 e. The number of benzene rings is 1. The molecule has 0 saturated carbocycles. The molecule has 0 radical (unpaired) electrons. The van der Waals surface area contributed by atoms with Crippen LogP contribution in [0.25, 0.3) is 10.9 Å². The van der Waals surface area contributed by atoms with Crippen LogP contribution in [0.4, 0.5) is 0 Å². The molecule has 3 amide bonds. The number of hydrogen-bond donors (Lipinski definition) is 3. The molecule has 1 aromatic heterocycles. The summed E-state index contributed by atoms with van der Waals surface area (Å²) < 4.78 is 5.79. The third kappa shape index (κ3) is 2.90. The highest BCUT2D eigenvalue weighted by Gasteiger charge is 2.63. The molecule has 10 heteroatoms. The molecule has 35 heavy (non-hydrogen) atoms. The van der Waals surface area contributed by atoms with Gasteiger partial charge in [-0.05, 0) is 49.9 Å². The van der Waals surface area contributed by atoms with Crippen LogP contribution in [0.15, 0.2) is 24.4 Å². The number of nitrogens with zero attached hydrogens (tertiary/aromatic N) is 3. The van der Waals surface area contributed by atoms with Gasteiger partial charge in [-0.15, -0.1) is 0 Å². The first-order valence-electron chi connectivity index (χ1n) is 12.5. The van der Waals surface area contributed by atoms with Gasteiger partial charge in [0.05, 0.1) is 5.92 Å². The van der Waals surface area contributed by atoms with E-state index in [4.69, 9.17) is 4.74 Å². The third-order valence-corrected chi connectivity index (χ3v) is 8.84. The zero-order valence-electron chi connectivity index (χ0n) is 19.6. The maximum absolute atomic E-state index is 13.4. The van der Waals surface area contributed by atoms with Crippen LogP contribution in [-0.2, 0) is 25.5 Å². The molecule has 0 spiro atoms. The second kappa shape index (κ2) is 7.28. The summed E-state index contributed by atoms with van der Waals surface area (Å²) in [6.45, 7) is 0.879. The molecule has 4 fully saturated rings. The number of H-pyrrole nitrogens is 1. The quantitative estimate of drug-likeness (QED) is 0.562. The molecular formula is C25H29N5O5. The predicted octanol–water partition coefficient (Wildman–Crippen LogP) is 0.0797. The van der Waals surface area contributed by atoms with Crippen molar-refractivity contribution in [3.8, 4) is 0 Å². The van der Waals surface area contributed by atoms with Crippen molar-refractivity contribution < 1.29 is 24.2 Å². The average molecular weight is 480 g/mol. The number of likely N-dealkylation sites (N-methyl/N-ethyl adjacent to an activating group) is 1. The number of fused-ring (bicyclic) bond motifs is 5. The van der Waals surface area contributed by atoms with Gasteiger partial charge in [-0.3, -0.25) is 24.0 Å². The molecule has 4 aliphatic heterocycles. The lowest BCUT2D eigenvalue weighted by molar-refractivity contribution is -0.294. The Kier molecular flexibility index (Phi) is 4.44. The number of aliphatic hydroxyl groups is 1. The van der Waals surface area contributed by atoms with E-state index in [9.17, 15) is 19.5 Å². The Bertz CT molecular complexity index is 1260. The highest BCUT2D eigenvalue weighted by molar-refractivity contribution is 5.93. The maximum atomic E-state index is 13.4. The Morgan fingerprint density at radius 3 is 3.03 bits per heavy atom. The summed E-state index contributed by atoms with van der Waals surface area (Å²) in [5, 5.41) is 15.3. The van der Waals surface area contributed by atoms with Gasteiger partial charge >= 0.3 is 0 Å². The first-order valence-corrected chi connectivity index (χ1v) is 12.5. The van der Waals surface area contributed by atoms with Gasteiger partial charge in [0.2, 0.25) is 18.0 Å². The Morgan fingerprint density at radius 2 is 2.17 bits per heavy atom. The van der Waals surface area contributed by atoms with Crippen LogP contribution in [0.5, 0.6) is 0 Å². The monoisotopic (exact) mass is 479 g/mol. The van der Waals surface area contributed by atoms with Crippen molar-refractivity contribution in [1.29, 1.82) is 0 Å². The van der Waals surface area contributed by atoms with Crippen LogP contribution < -0.4 is 5.32 Å². The van der Waals surface area contributed by atoms with Crippen LogP contribution in [0, 0.1) is 5.92 Å². The summed E-state index contributed by atoms with van der Waals surface area (Å²) in [5.41, 5.74) is 3.70. The second-order valence-electron chi connectivity index (χ2n) is 10.7. The van der Waals surface area contributed by atoms with Crippen molar-refractivity contribution in [2.24, 2.45) is 5.92 Å². The lowest BCUT2D eigenvalue weighted by Gasteiger charge is -2.45. The van der Waals surface area contributed by atoms with Gasteiger partial charge in [0.15, 0.2) is 0 Å². The summed E-state index contributed by atoms with van der Waals surface area (Å²) in [4.78, 5) is 47.2. The Morgan fingerprint density at radius 1 is 1.31 bits per heavy atom. The number of nitrogens with one attached hydrogen (secondary N) is 2. The van der Waals surface area contributed by atoms with E-state index in [-0.39, 0.29) is 30.2 Å². The fourth-order valence-corrected chi connectivity index (χ4v) is 7.19. The molecule has 6 atom stereocenters. The van der Waals surface area contributed by atoms with Gasteiger partial charge in [-0.1, -0.05) is 12.1 Å². The molecule has 2 unspecified atom stereocenters. The van der Waals surface area contributed by atoms with E-state index in [0.717, 1.165) is 23.3 Å². The molecule has 4 saturated heterocycles. The van der Waals surface area contributed by atoms with Crippen LogP contribution in [-0.4, -0.2) is 93.4 Å². The Balaban J connectivity index is 1.12. The van der Waals surface area contributed by atoms with Crippen molar-refractivity contribution in [3.63, 3.8) is 0 Å². The molecule has 1 aliphatic carbocycles. The van der Waals surface area contributed by atoms with E-state index in [0.29, 0.717) is 32.0 Å². The SMILES string of the molecule is CN1C[C@H](C(=O)NC2O[C@@]3(O)[C@@H]4CCCN4C(=O)CN3C2=O)CC2c3cccc4[nH]cc(c34)C[C@H]21. The van der Waals surface area contributed by atoms with Crippen molar-refractivity contribution in [3.05, 3.63) is 35.5 Å². The molecule has 5 heterocycles. The zero-order chi connectivity index (χ0) is 24.1. The highest BCUT2D eigenvalue weighted by Crippen LogP contribution is 2.45. The minimum absolute atomic E-state index is 0.198. The third-order valence-electron chi connectivity index (χ3n) is 8.84. The molecule has 7 rings (SSSR count). The number of carbonyl (C=O) groups excluding carboxylic acids is 3. The largest absolute Gasteiger partial charge is 0.361 e. The van der Waals surface area contributed by atoms with Crippen molar-refractivity contribution >= 4 is 28.6 Å². The van der Waals surface area contributed by atoms with Crippen LogP contribution in [0.3, 0.4) is 0 Å². The van der Waals surface area contributed by atoms with E-state index >= 15 is 0 Å². The fourth-order valence-electron chi connectivity index (χ4n) is 7.19. The molecule has 2 aromatic rings. The number of piperazine rings is 1. The second-order valence-corrected chi connectivity index (χ2v) is 10.7. The maximum Gasteiger partial charge on any atom is 0.277 e. The molecular weight excluding hydrogens is 450 g/mol. The standard InChI is InChI=1S/C25H29N5O5/c1-28-11-14(8-16-15-4-2-5-17-21(15)13(10-26-17)9-18(16)28)22(32)27-23-24(33)30-12-20(31)29-7-3-6-19(29)25(30,34)35-23/h2,4-5,10,14,16,18-19,23,26,34H,3,6-9,11-12H2,1H3,(H,27,32)/t14-,16?,18-,19+,23?,25+/m1/s1. The number of aromatic amines is 1. The molecule has 184 valence electrons. The minimum atomic E-state index is -1.89. The van der Waals surface area contributed by atoms with E-state index < -0.39 is 24.1 Å². The van der Waals surface area contributed by atoms with Gasteiger partial charge in [0.1, 0.15) is 12.6 Å². The van der Waals surface area contributed by atoms with Crippen LogP contribution in [0.2, 0.25) is 0 Å². The van der Waals surface area contributed by atoms with Gasteiger partial charge in [-0.2, -0.15) is 0 Å². The zero-order valence-corrected chi connectivity index (χ0v) is 19.6. The molecule has 0 bridgehead atoms. The molecule has 5 aliphatic rings. The van der Waals surface area contributed by atoms with E-state index in [2.05, 4.69) is 46.6 Å². The number of rotatable bonds is 2. The summed E-state index contributed by atoms with van der Waals surface area (Å²) >= 11 is 0. The first-order chi connectivity index (χ1) is 16.8. The number of amides is 3. The number of piperidine rings is 1. The fraction of sp³-hybridized carbons (Fsp3) is 0.560. The van der Waals surface area contributed by atoms with Gasteiger partial charge < -0.3 is 25.2 Å². The summed E-state index contributed by atoms with van der Waals surface area (Å²) in [6.07, 6.45) is 3.70. The summed E-state index contributed by atoms with van der Waals surface area (Å²) in [5.74, 6) is -3.04. The van der Waals surface area contributed by atoms with Gasteiger partial charge in [0.25, 0.3) is 11.8 Å². The molecule has 10 nitrogen and oxygen atoms in total. The Labute approximate surface area is 202 Å². The Hall–Kier alpha value is -2.95. The summed E-state index contributed by atoms with van der Waals surface area (Å²) in [6, 6.07) is 6.00. The number of carbonyl (C=O) groups is 3. The number of ether oxygens (including phenoxy) is 1. The number of hydrogen-bond acceptors (Lipinski definition) is 6. The topological polar surface area (TPSA) is 118 Å². The lowest BCUT2D eigenvalue weighted by Crippen LogP contribution is -2.67. The van der Waals surface area contributed by atoms with Gasteiger partial charge in [0, 0.05) is 42.1 Å². The lowest BCUT2D eigenvalue weighted by atomic mass is 9.72. The average Bonchev–Trinajstić information content (AvgIpc) is 3.55. The normalized spacial score (nSPS) is 36.3. The highest BCUT2D eigenvalue weighted by atomic mass is 16.7. The van der Waals surface area contributed by atoms with E-state index in [1.165, 1.54) is 16.5 Å². The van der Waals surface area contributed by atoms with Crippen LogP contribution in [0.1, 0.15) is 36.3 Å². The van der Waals surface area contributed by atoms with Crippen LogP contribution >= 0.6 is 0 Å². The summed E-state index contributed by atoms with van der Waals surface area (Å²) in [7, 11) is 2.05. The van der Waals surface area contributed by atoms with Crippen molar-refractivity contribution in [1.82, 2.24) is 25.0 Å². The van der Waals surface area contributed by atoms with E-state index in [1.54, 1.807) is 4.90 Å². The van der Waals surface area contributed by atoms with Crippen molar-refractivity contribution in [2.75, 3.05) is 26.7 Å².